The lowest BCUT2D eigenvalue weighted by molar-refractivity contribution is -0.137. The Bertz CT molecular complexity index is 1010. The van der Waals surface area contributed by atoms with E-state index >= 15 is 0 Å². The van der Waals surface area contributed by atoms with Gasteiger partial charge in [0.05, 0.1) is 19.1 Å². The topological polar surface area (TPSA) is 59.3 Å². The average Bonchev–Trinajstić information content (AvgIpc) is 2.70. The fourth-order valence-corrected chi connectivity index (χ4v) is 3.36. The molecule has 0 atom stereocenters. The minimum atomic E-state index is -0.357. The van der Waals surface area contributed by atoms with Crippen LogP contribution in [0.1, 0.15) is 76.3 Å². The van der Waals surface area contributed by atoms with Gasteiger partial charge in [-0.1, -0.05) is 71.9 Å². The Morgan fingerprint density at radius 3 is 2.38 bits per heavy atom. The minimum Gasteiger partial charge on any atom is -0.488 e. The summed E-state index contributed by atoms with van der Waals surface area (Å²) in [6, 6.07) is 14.5. The normalized spacial score (nSPS) is 11.9. The van der Waals surface area contributed by atoms with E-state index in [1.165, 1.54) is 11.6 Å². The third-order valence-electron chi connectivity index (χ3n) is 5.14. The summed E-state index contributed by atoms with van der Waals surface area (Å²) < 4.78 is 11.3. The van der Waals surface area contributed by atoms with Gasteiger partial charge in [0.15, 0.2) is 0 Å². The zero-order chi connectivity index (χ0) is 23.9. The van der Waals surface area contributed by atoms with Gasteiger partial charge in [-0.3, -0.25) is 0 Å². The van der Waals surface area contributed by atoms with Crippen LogP contribution >= 0.6 is 0 Å². The van der Waals surface area contributed by atoms with Crippen molar-refractivity contribution in [2.45, 2.75) is 72.3 Å². The molecule has 0 aliphatic heterocycles. The second kappa shape index (κ2) is 10.5. The van der Waals surface area contributed by atoms with Gasteiger partial charge in [-0.2, -0.15) is 5.26 Å². The largest absolute Gasteiger partial charge is 0.488 e. The van der Waals surface area contributed by atoms with E-state index in [1.54, 1.807) is 13.0 Å². The number of rotatable bonds is 7. The lowest BCUT2D eigenvalue weighted by atomic mass is 9.78. The molecule has 0 N–H and O–H groups in total. The van der Waals surface area contributed by atoms with E-state index in [1.807, 2.05) is 24.3 Å². The second-order valence-corrected chi connectivity index (χ2v) is 9.97. The quantitative estimate of drug-likeness (QED) is 0.369. The third kappa shape index (κ3) is 6.99. The van der Waals surface area contributed by atoms with E-state index in [-0.39, 0.29) is 16.8 Å². The lowest BCUT2D eigenvalue weighted by Gasteiger charge is -2.29. The number of carbonyl (C=O) groups is 1. The van der Waals surface area contributed by atoms with Gasteiger partial charge < -0.3 is 9.47 Å². The maximum absolute atomic E-state index is 11.6. The molecule has 2 rings (SSSR count). The molecule has 0 fully saturated rings. The Morgan fingerprint density at radius 2 is 1.78 bits per heavy atom. The molecule has 0 amide bonds. The summed E-state index contributed by atoms with van der Waals surface area (Å²) in [7, 11) is 0. The van der Waals surface area contributed by atoms with Crippen molar-refractivity contribution in [3.05, 3.63) is 70.3 Å². The fraction of sp³-hybridized carbons (Fsp3) is 0.429. The summed E-state index contributed by atoms with van der Waals surface area (Å²) in [5.41, 5.74) is 4.95. The molecule has 2 aromatic rings. The zero-order valence-corrected chi connectivity index (χ0v) is 20.4. The van der Waals surface area contributed by atoms with Crippen LogP contribution in [0.5, 0.6) is 5.75 Å². The van der Waals surface area contributed by atoms with E-state index < -0.39 is 0 Å². The summed E-state index contributed by atoms with van der Waals surface area (Å²) in [6.45, 7) is 15.5. The standard InChI is InChI=1S/C28H35NO3/c1-8-31-25(30)13-12-20-10-9-11-21(16-20)19-32-26-22(14-15-29)17-23(27(2,3)4)18-24(26)28(5,6)7/h9-13,16-18H,8,14,19H2,1-7H3/b13-12+. The second-order valence-electron chi connectivity index (χ2n) is 9.97. The van der Waals surface area contributed by atoms with Crippen molar-refractivity contribution in [2.24, 2.45) is 0 Å². The first-order chi connectivity index (χ1) is 15.0. The molecule has 0 unspecified atom stereocenters. The summed E-state index contributed by atoms with van der Waals surface area (Å²) in [4.78, 5) is 11.6. The van der Waals surface area contributed by atoms with Crippen LogP contribution in [0.15, 0.2) is 42.5 Å². The molecule has 0 heterocycles. The van der Waals surface area contributed by atoms with Crippen molar-refractivity contribution >= 4 is 12.0 Å². The third-order valence-corrected chi connectivity index (χ3v) is 5.14. The maximum Gasteiger partial charge on any atom is 0.330 e. The van der Waals surface area contributed by atoms with Crippen molar-refractivity contribution in [1.82, 2.24) is 0 Å². The van der Waals surface area contributed by atoms with Gasteiger partial charge in [-0.05, 0) is 46.6 Å². The Labute approximate surface area is 192 Å². The van der Waals surface area contributed by atoms with Gasteiger partial charge in [0, 0.05) is 17.2 Å². The van der Waals surface area contributed by atoms with Crippen LogP contribution in [-0.4, -0.2) is 12.6 Å². The SMILES string of the molecule is CCOC(=O)/C=C/c1cccc(COc2c(CC#N)cc(C(C)(C)C)cc2C(C)(C)C)c1. The summed E-state index contributed by atoms with van der Waals surface area (Å²) >= 11 is 0. The first-order valence-corrected chi connectivity index (χ1v) is 11.1. The Balaban J connectivity index is 2.37. The van der Waals surface area contributed by atoms with Crippen molar-refractivity contribution in [3.8, 4) is 11.8 Å². The number of nitriles is 1. The van der Waals surface area contributed by atoms with Crippen molar-refractivity contribution in [2.75, 3.05) is 6.61 Å². The molecule has 0 aromatic heterocycles. The predicted molar refractivity (Wildman–Crippen MR) is 130 cm³/mol. The Kier molecular flexibility index (Phi) is 8.27. The number of carbonyl (C=O) groups excluding carboxylic acids is 1. The van der Waals surface area contributed by atoms with E-state index in [9.17, 15) is 10.1 Å². The molecule has 0 aliphatic rings. The fourth-order valence-electron chi connectivity index (χ4n) is 3.36. The monoisotopic (exact) mass is 433 g/mol. The number of hydrogen-bond donors (Lipinski definition) is 0. The van der Waals surface area contributed by atoms with Gasteiger partial charge in [0.25, 0.3) is 0 Å². The summed E-state index contributed by atoms with van der Waals surface area (Å²) in [5, 5.41) is 9.44. The maximum atomic E-state index is 11.6. The molecule has 4 heteroatoms. The lowest BCUT2D eigenvalue weighted by Crippen LogP contribution is -2.19. The highest BCUT2D eigenvalue weighted by Gasteiger charge is 2.26. The predicted octanol–water partition coefficient (Wildman–Crippen LogP) is 6.50. The molecule has 0 bridgehead atoms. The van der Waals surface area contributed by atoms with Gasteiger partial charge in [0.2, 0.25) is 0 Å². The molecule has 0 radical (unpaired) electrons. The van der Waals surface area contributed by atoms with Crippen LogP contribution in [-0.2, 0) is 33.4 Å². The molecular formula is C28H35NO3. The Morgan fingerprint density at radius 1 is 1.06 bits per heavy atom. The molecule has 2 aromatic carbocycles. The summed E-state index contributed by atoms with van der Waals surface area (Å²) in [6.07, 6.45) is 3.46. The number of esters is 1. The zero-order valence-electron chi connectivity index (χ0n) is 20.4. The average molecular weight is 434 g/mol. The van der Waals surface area contributed by atoms with Crippen molar-refractivity contribution in [1.29, 1.82) is 5.26 Å². The molecule has 170 valence electrons. The number of benzene rings is 2. The van der Waals surface area contributed by atoms with Crippen LogP contribution in [0.3, 0.4) is 0 Å². The van der Waals surface area contributed by atoms with Gasteiger partial charge in [-0.15, -0.1) is 0 Å². The Hall–Kier alpha value is -3.06. The van der Waals surface area contributed by atoms with E-state index in [4.69, 9.17) is 9.47 Å². The highest BCUT2D eigenvalue weighted by molar-refractivity contribution is 5.87. The molecule has 0 aliphatic carbocycles. The molecular weight excluding hydrogens is 398 g/mol. The first kappa shape index (κ1) is 25.2. The van der Waals surface area contributed by atoms with Crippen LogP contribution in [0.4, 0.5) is 0 Å². The van der Waals surface area contributed by atoms with Crippen LogP contribution < -0.4 is 4.74 Å². The van der Waals surface area contributed by atoms with Crippen LogP contribution in [0.2, 0.25) is 0 Å². The molecule has 32 heavy (non-hydrogen) atoms. The minimum absolute atomic E-state index is 0.0255. The molecule has 0 spiro atoms. The molecule has 0 saturated carbocycles. The van der Waals surface area contributed by atoms with Crippen LogP contribution in [0, 0.1) is 11.3 Å². The highest BCUT2D eigenvalue weighted by atomic mass is 16.5. The highest BCUT2D eigenvalue weighted by Crippen LogP contribution is 2.39. The van der Waals surface area contributed by atoms with E-state index in [0.29, 0.717) is 19.6 Å². The number of ether oxygens (including phenoxy) is 2. The summed E-state index contributed by atoms with van der Waals surface area (Å²) in [5.74, 6) is 0.434. The smallest absolute Gasteiger partial charge is 0.330 e. The van der Waals surface area contributed by atoms with Crippen LogP contribution in [0.25, 0.3) is 6.08 Å². The number of nitrogens with zero attached hydrogens (tertiary/aromatic N) is 1. The van der Waals surface area contributed by atoms with Gasteiger partial charge in [-0.25, -0.2) is 4.79 Å². The van der Waals surface area contributed by atoms with Crippen molar-refractivity contribution in [3.63, 3.8) is 0 Å². The van der Waals surface area contributed by atoms with E-state index in [0.717, 1.165) is 28.0 Å². The van der Waals surface area contributed by atoms with Crippen molar-refractivity contribution < 1.29 is 14.3 Å². The first-order valence-electron chi connectivity index (χ1n) is 11.1. The van der Waals surface area contributed by atoms with Gasteiger partial charge >= 0.3 is 5.97 Å². The number of hydrogen-bond acceptors (Lipinski definition) is 4. The van der Waals surface area contributed by atoms with E-state index in [2.05, 4.69) is 59.7 Å². The molecule has 0 saturated heterocycles. The molecule has 4 nitrogen and oxygen atoms in total. The van der Waals surface area contributed by atoms with Gasteiger partial charge in [0.1, 0.15) is 12.4 Å².